The highest BCUT2D eigenvalue weighted by Gasteiger charge is 2.30. The van der Waals surface area contributed by atoms with Crippen LogP contribution in [0.3, 0.4) is 0 Å². The van der Waals surface area contributed by atoms with Gasteiger partial charge in [0.05, 0.1) is 5.69 Å². The number of fused-ring (bicyclic) bond motifs is 1. The summed E-state index contributed by atoms with van der Waals surface area (Å²) in [5.74, 6) is -3.49. The van der Waals surface area contributed by atoms with Gasteiger partial charge in [-0.3, -0.25) is 9.59 Å². The Morgan fingerprint density at radius 2 is 2.04 bits per heavy atom. The Morgan fingerprint density at radius 3 is 2.69 bits per heavy atom. The Bertz CT molecular complexity index is 864. The molecule has 0 radical (unpaired) electrons. The standard InChI is InChI=1S/C18H19F2N3O3/c1-2-8-22(10-16(24)25)18(26)17-12-4-3-5-15(12)23(21-17)11-6-7-13(19)14(20)9-11/h6-7,9H,2-5,8,10H2,1H3,(H,24,25). The minimum absolute atomic E-state index is 0.192. The monoisotopic (exact) mass is 363 g/mol. The summed E-state index contributed by atoms with van der Waals surface area (Å²) < 4.78 is 28.3. The molecule has 1 aliphatic carbocycles. The van der Waals surface area contributed by atoms with Gasteiger partial charge in [0.2, 0.25) is 0 Å². The summed E-state index contributed by atoms with van der Waals surface area (Å²) in [6, 6.07) is 3.46. The molecule has 0 bridgehead atoms. The van der Waals surface area contributed by atoms with Crippen molar-refractivity contribution in [1.82, 2.24) is 14.7 Å². The van der Waals surface area contributed by atoms with Crippen LogP contribution in [0.25, 0.3) is 5.69 Å². The molecule has 0 spiro atoms. The van der Waals surface area contributed by atoms with Gasteiger partial charge < -0.3 is 10.0 Å². The number of aliphatic carboxylic acids is 1. The van der Waals surface area contributed by atoms with E-state index in [1.165, 1.54) is 15.6 Å². The molecule has 26 heavy (non-hydrogen) atoms. The number of hydrogen-bond donors (Lipinski definition) is 1. The van der Waals surface area contributed by atoms with E-state index in [0.29, 0.717) is 31.5 Å². The summed E-state index contributed by atoms with van der Waals surface area (Å²) in [5, 5.41) is 13.4. The lowest BCUT2D eigenvalue weighted by atomic mass is 10.1. The Labute approximate surface area is 149 Å². The second-order valence-corrected chi connectivity index (χ2v) is 6.26. The van der Waals surface area contributed by atoms with Gasteiger partial charge in [0, 0.05) is 23.9 Å². The SMILES string of the molecule is CCCN(CC(=O)O)C(=O)c1nn(-c2ccc(F)c(F)c2)c2c1CCC2. The largest absolute Gasteiger partial charge is 0.480 e. The summed E-state index contributed by atoms with van der Waals surface area (Å²) in [5.41, 5.74) is 2.07. The molecule has 1 heterocycles. The molecule has 1 aromatic carbocycles. The van der Waals surface area contributed by atoms with E-state index in [1.54, 1.807) is 0 Å². The van der Waals surface area contributed by atoms with Gasteiger partial charge in [-0.2, -0.15) is 5.10 Å². The van der Waals surface area contributed by atoms with Crippen LogP contribution in [0.2, 0.25) is 0 Å². The molecule has 0 fully saturated rings. The number of benzene rings is 1. The highest BCUT2D eigenvalue weighted by molar-refractivity contribution is 5.96. The molecule has 0 aliphatic heterocycles. The van der Waals surface area contributed by atoms with Crippen molar-refractivity contribution in [1.29, 1.82) is 0 Å². The number of aromatic nitrogens is 2. The van der Waals surface area contributed by atoms with E-state index < -0.39 is 30.1 Å². The minimum Gasteiger partial charge on any atom is -0.480 e. The fourth-order valence-electron chi connectivity index (χ4n) is 3.27. The number of amides is 1. The van der Waals surface area contributed by atoms with Gasteiger partial charge in [-0.1, -0.05) is 6.92 Å². The third-order valence-corrected chi connectivity index (χ3v) is 4.39. The second kappa shape index (κ2) is 7.23. The smallest absolute Gasteiger partial charge is 0.323 e. The van der Waals surface area contributed by atoms with Crippen LogP contribution < -0.4 is 0 Å². The molecule has 2 aromatic rings. The molecule has 1 aromatic heterocycles. The molecule has 0 saturated carbocycles. The molecule has 1 N–H and O–H groups in total. The summed E-state index contributed by atoms with van der Waals surface area (Å²) >= 11 is 0. The molecule has 3 rings (SSSR count). The lowest BCUT2D eigenvalue weighted by molar-refractivity contribution is -0.137. The van der Waals surface area contributed by atoms with Crippen molar-refractivity contribution in [3.8, 4) is 5.69 Å². The van der Waals surface area contributed by atoms with Crippen LogP contribution in [0, 0.1) is 11.6 Å². The number of carbonyl (C=O) groups excluding carboxylic acids is 1. The van der Waals surface area contributed by atoms with Gasteiger partial charge in [-0.25, -0.2) is 13.5 Å². The minimum atomic E-state index is -1.09. The third-order valence-electron chi connectivity index (χ3n) is 4.39. The number of hydrogen-bond acceptors (Lipinski definition) is 3. The summed E-state index contributed by atoms with van der Waals surface area (Å²) in [6.07, 6.45) is 2.75. The summed E-state index contributed by atoms with van der Waals surface area (Å²) in [7, 11) is 0. The van der Waals surface area contributed by atoms with Crippen molar-refractivity contribution in [3.05, 3.63) is 46.8 Å². The molecule has 0 saturated heterocycles. The molecule has 6 nitrogen and oxygen atoms in total. The zero-order valence-corrected chi connectivity index (χ0v) is 14.3. The first-order valence-corrected chi connectivity index (χ1v) is 8.49. The van der Waals surface area contributed by atoms with Gasteiger partial charge in [0.25, 0.3) is 5.91 Å². The van der Waals surface area contributed by atoms with Crippen molar-refractivity contribution >= 4 is 11.9 Å². The predicted octanol–water partition coefficient (Wildman–Crippen LogP) is 2.58. The predicted molar refractivity (Wildman–Crippen MR) is 89.3 cm³/mol. The van der Waals surface area contributed by atoms with Crippen molar-refractivity contribution in [2.45, 2.75) is 32.6 Å². The zero-order chi connectivity index (χ0) is 18.8. The van der Waals surface area contributed by atoms with Crippen LogP contribution >= 0.6 is 0 Å². The van der Waals surface area contributed by atoms with E-state index in [1.807, 2.05) is 6.92 Å². The second-order valence-electron chi connectivity index (χ2n) is 6.26. The van der Waals surface area contributed by atoms with E-state index in [2.05, 4.69) is 5.10 Å². The summed E-state index contributed by atoms with van der Waals surface area (Å²) in [6.45, 7) is 1.75. The number of carboxylic acids is 1. The van der Waals surface area contributed by atoms with Crippen molar-refractivity contribution < 1.29 is 23.5 Å². The number of rotatable bonds is 6. The lowest BCUT2D eigenvalue weighted by Crippen LogP contribution is -2.37. The van der Waals surface area contributed by atoms with Gasteiger partial charge >= 0.3 is 5.97 Å². The number of carboxylic acid groups (broad SMARTS) is 1. The molecule has 0 unspecified atom stereocenters. The Balaban J connectivity index is 2.02. The van der Waals surface area contributed by atoms with Crippen LogP contribution in [-0.4, -0.2) is 44.8 Å². The van der Waals surface area contributed by atoms with Crippen LogP contribution in [0.1, 0.15) is 41.5 Å². The van der Waals surface area contributed by atoms with Gasteiger partial charge in [-0.15, -0.1) is 0 Å². The van der Waals surface area contributed by atoms with Crippen molar-refractivity contribution in [2.24, 2.45) is 0 Å². The van der Waals surface area contributed by atoms with Crippen LogP contribution in [0.15, 0.2) is 18.2 Å². The van der Waals surface area contributed by atoms with E-state index in [4.69, 9.17) is 5.11 Å². The Hall–Kier alpha value is -2.77. The van der Waals surface area contributed by atoms with E-state index in [9.17, 15) is 18.4 Å². The first kappa shape index (κ1) is 18.0. The van der Waals surface area contributed by atoms with Gasteiger partial charge in [0.1, 0.15) is 6.54 Å². The van der Waals surface area contributed by atoms with Crippen molar-refractivity contribution in [3.63, 3.8) is 0 Å². The fourth-order valence-corrected chi connectivity index (χ4v) is 3.27. The molecular weight excluding hydrogens is 344 g/mol. The maximum absolute atomic E-state index is 13.6. The summed E-state index contributed by atoms with van der Waals surface area (Å²) in [4.78, 5) is 25.2. The first-order chi connectivity index (χ1) is 12.4. The Kier molecular flexibility index (Phi) is 5.01. The van der Waals surface area contributed by atoms with E-state index >= 15 is 0 Å². The zero-order valence-electron chi connectivity index (χ0n) is 14.3. The average molecular weight is 363 g/mol. The van der Waals surface area contributed by atoms with Crippen LogP contribution in [0.4, 0.5) is 8.78 Å². The highest BCUT2D eigenvalue weighted by atomic mass is 19.2. The number of nitrogens with zero attached hydrogens (tertiary/aromatic N) is 3. The maximum Gasteiger partial charge on any atom is 0.323 e. The molecule has 1 aliphatic rings. The van der Waals surface area contributed by atoms with Gasteiger partial charge in [-0.05, 0) is 37.8 Å². The highest BCUT2D eigenvalue weighted by Crippen LogP contribution is 2.29. The molecule has 1 amide bonds. The lowest BCUT2D eigenvalue weighted by Gasteiger charge is -2.19. The maximum atomic E-state index is 13.6. The van der Waals surface area contributed by atoms with Crippen LogP contribution in [0.5, 0.6) is 0 Å². The number of carbonyl (C=O) groups is 2. The van der Waals surface area contributed by atoms with E-state index in [-0.39, 0.29) is 5.69 Å². The molecule has 138 valence electrons. The molecule has 0 atom stereocenters. The van der Waals surface area contributed by atoms with Crippen molar-refractivity contribution in [2.75, 3.05) is 13.1 Å². The quantitative estimate of drug-likeness (QED) is 0.856. The third kappa shape index (κ3) is 3.31. The molecular formula is C18H19F2N3O3. The fraction of sp³-hybridized carbons (Fsp3) is 0.389. The normalized spacial score (nSPS) is 12.9. The Morgan fingerprint density at radius 1 is 1.27 bits per heavy atom. The first-order valence-electron chi connectivity index (χ1n) is 8.49. The topological polar surface area (TPSA) is 75.4 Å². The van der Waals surface area contributed by atoms with Crippen LogP contribution in [-0.2, 0) is 17.6 Å². The number of halogens is 2. The average Bonchev–Trinajstić information content (AvgIpc) is 3.18. The van der Waals surface area contributed by atoms with E-state index in [0.717, 1.165) is 29.8 Å². The van der Waals surface area contributed by atoms with Gasteiger partial charge in [0.15, 0.2) is 17.3 Å². The molecule has 8 heteroatoms.